The van der Waals surface area contributed by atoms with E-state index in [0.717, 1.165) is 31.0 Å². The number of benzene rings is 3. The highest BCUT2D eigenvalue weighted by Crippen LogP contribution is 2.29. The van der Waals surface area contributed by atoms with E-state index in [9.17, 15) is 0 Å². The molecule has 0 aliphatic heterocycles. The van der Waals surface area contributed by atoms with Crippen molar-refractivity contribution in [3.8, 4) is 5.75 Å². The highest BCUT2D eigenvalue weighted by Gasteiger charge is 2.08. The summed E-state index contributed by atoms with van der Waals surface area (Å²) in [4.78, 5) is 0. The molecule has 0 fully saturated rings. The van der Waals surface area contributed by atoms with Crippen LogP contribution < -0.4 is 10.1 Å². The van der Waals surface area contributed by atoms with E-state index in [1.807, 2.05) is 18.2 Å². The monoisotopic (exact) mass is 291 g/mol. The summed E-state index contributed by atoms with van der Waals surface area (Å²) in [6, 6.07) is 22.9. The van der Waals surface area contributed by atoms with Gasteiger partial charge in [-0.2, -0.15) is 0 Å². The minimum Gasteiger partial charge on any atom is -0.493 e. The van der Waals surface area contributed by atoms with Crippen LogP contribution in [0.25, 0.3) is 10.8 Å². The van der Waals surface area contributed by atoms with E-state index < -0.39 is 0 Å². The van der Waals surface area contributed by atoms with E-state index in [1.54, 1.807) is 0 Å². The number of hydrogen-bond donors (Lipinski definition) is 1. The molecule has 3 rings (SSSR count). The molecular weight excluding hydrogens is 270 g/mol. The maximum atomic E-state index is 5.94. The Kier molecular flexibility index (Phi) is 4.59. The average molecular weight is 291 g/mol. The molecule has 2 nitrogen and oxygen atoms in total. The van der Waals surface area contributed by atoms with Crippen molar-refractivity contribution in [2.75, 3.05) is 11.9 Å². The molecule has 0 unspecified atom stereocenters. The average Bonchev–Trinajstić information content (AvgIpc) is 2.59. The van der Waals surface area contributed by atoms with Crippen LogP contribution in [-0.2, 0) is 6.54 Å². The number of anilines is 1. The second-order valence-corrected chi connectivity index (χ2v) is 5.33. The van der Waals surface area contributed by atoms with Gasteiger partial charge in [0.05, 0.1) is 6.61 Å². The van der Waals surface area contributed by atoms with E-state index in [4.69, 9.17) is 4.74 Å². The third-order valence-corrected chi connectivity index (χ3v) is 3.70. The van der Waals surface area contributed by atoms with Gasteiger partial charge >= 0.3 is 0 Å². The van der Waals surface area contributed by atoms with E-state index in [0.29, 0.717) is 0 Å². The fraction of sp³-hybridized carbons (Fsp3) is 0.200. The lowest BCUT2D eigenvalue weighted by Crippen LogP contribution is -2.05. The first-order valence-corrected chi connectivity index (χ1v) is 7.81. The smallest absolute Gasteiger partial charge is 0.124 e. The van der Waals surface area contributed by atoms with Gasteiger partial charge in [-0.1, -0.05) is 55.5 Å². The van der Waals surface area contributed by atoms with Crippen LogP contribution in [0.1, 0.15) is 18.9 Å². The van der Waals surface area contributed by atoms with E-state index in [-0.39, 0.29) is 0 Å². The first-order chi connectivity index (χ1) is 10.9. The maximum absolute atomic E-state index is 5.94. The SMILES string of the molecule is CCCOc1ccc2ccccc2c1CNc1ccccc1. The van der Waals surface area contributed by atoms with Crippen LogP contribution in [0.15, 0.2) is 66.7 Å². The Hall–Kier alpha value is -2.48. The predicted molar refractivity (Wildman–Crippen MR) is 93.5 cm³/mol. The van der Waals surface area contributed by atoms with Crippen LogP contribution >= 0.6 is 0 Å². The van der Waals surface area contributed by atoms with Gasteiger partial charge < -0.3 is 10.1 Å². The molecule has 0 saturated heterocycles. The molecule has 3 aromatic rings. The maximum Gasteiger partial charge on any atom is 0.124 e. The zero-order valence-electron chi connectivity index (χ0n) is 12.9. The highest BCUT2D eigenvalue weighted by molar-refractivity contribution is 5.88. The molecule has 112 valence electrons. The van der Waals surface area contributed by atoms with Gasteiger partial charge in [-0.05, 0) is 35.4 Å². The summed E-state index contributed by atoms with van der Waals surface area (Å²) < 4.78 is 5.94. The third-order valence-electron chi connectivity index (χ3n) is 3.70. The van der Waals surface area contributed by atoms with E-state index in [1.165, 1.54) is 16.3 Å². The molecule has 0 aromatic heterocycles. The quantitative estimate of drug-likeness (QED) is 0.670. The lowest BCUT2D eigenvalue weighted by molar-refractivity contribution is 0.315. The van der Waals surface area contributed by atoms with Crippen LogP contribution in [-0.4, -0.2) is 6.61 Å². The van der Waals surface area contributed by atoms with Crippen molar-refractivity contribution in [3.05, 3.63) is 72.3 Å². The van der Waals surface area contributed by atoms with Crippen molar-refractivity contribution < 1.29 is 4.74 Å². The standard InChI is InChI=1S/C20H21NO/c1-2-14-22-20-13-12-16-8-6-7-11-18(16)19(20)15-21-17-9-4-3-5-10-17/h3-13,21H,2,14-15H2,1H3. The van der Waals surface area contributed by atoms with Gasteiger partial charge in [0, 0.05) is 17.8 Å². The van der Waals surface area contributed by atoms with Crippen molar-refractivity contribution in [1.82, 2.24) is 0 Å². The van der Waals surface area contributed by atoms with Crippen LogP contribution in [0, 0.1) is 0 Å². The third kappa shape index (κ3) is 3.22. The molecule has 0 heterocycles. The van der Waals surface area contributed by atoms with Gasteiger partial charge in [-0.3, -0.25) is 0 Å². The summed E-state index contributed by atoms with van der Waals surface area (Å²) in [6.45, 7) is 3.63. The van der Waals surface area contributed by atoms with Gasteiger partial charge in [-0.15, -0.1) is 0 Å². The van der Waals surface area contributed by atoms with Gasteiger partial charge in [0.1, 0.15) is 5.75 Å². The highest BCUT2D eigenvalue weighted by atomic mass is 16.5. The minimum absolute atomic E-state index is 0.747. The Balaban J connectivity index is 1.93. The summed E-state index contributed by atoms with van der Waals surface area (Å²) in [5, 5.41) is 5.99. The molecule has 0 saturated carbocycles. The van der Waals surface area contributed by atoms with Crippen LogP contribution in [0.3, 0.4) is 0 Å². The van der Waals surface area contributed by atoms with Crippen LogP contribution in [0.5, 0.6) is 5.75 Å². The lowest BCUT2D eigenvalue weighted by atomic mass is 10.0. The predicted octanol–water partition coefficient (Wildman–Crippen LogP) is 5.24. The zero-order valence-corrected chi connectivity index (χ0v) is 12.9. The number of fused-ring (bicyclic) bond motifs is 1. The molecule has 0 spiro atoms. The summed E-state index contributed by atoms with van der Waals surface area (Å²) >= 11 is 0. The Labute approximate surface area is 131 Å². The van der Waals surface area contributed by atoms with Gasteiger partial charge in [0.2, 0.25) is 0 Å². The second-order valence-electron chi connectivity index (χ2n) is 5.33. The Morgan fingerprint density at radius 1 is 0.864 bits per heavy atom. The fourth-order valence-electron chi connectivity index (χ4n) is 2.59. The molecule has 0 atom stereocenters. The largest absolute Gasteiger partial charge is 0.493 e. The molecule has 0 radical (unpaired) electrons. The minimum atomic E-state index is 0.747. The van der Waals surface area contributed by atoms with Gasteiger partial charge in [0.15, 0.2) is 0 Å². The fourth-order valence-corrected chi connectivity index (χ4v) is 2.59. The number of nitrogens with one attached hydrogen (secondary N) is 1. The van der Waals surface area contributed by atoms with Crippen molar-refractivity contribution in [1.29, 1.82) is 0 Å². The van der Waals surface area contributed by atoms with E-state index >= 15 is 0 Å². The summed E-state index contributed by atoms with van der Waals surface area (Å²) in [5.74, 6) is 0.976. The lowest BCUT2D eigenvalue weighted by Gasteiger charge is -2.15. The molecule has 3 aromatic carbocycles. The van der Waals surface area contributed by atoms with Crippen molar-refractivity contribution in [2.45, 2.75) is 19.9 Å². The Morgan fingerprint density at radius 3 is 2.45 bits per heavy atom. The Morgan fingerprint density at radius 2 is 1.64 bits per heavy atom. The molecule has 22 heavy (non-hydrogen) atoms. The summed E-state index contributed by atoms with van der Waals surface area (Å²) in [7, 11) is 0. The number of ether oxygens (including phenoxy) is 1. The molecule has 1 N–H and O–H groups in total. The summed E-state index contributed by atoms with van der Waals surface area (Å²) in [6.07, 6.45) is 1.01. The van der Waals surface area contributed by atoms with Crippen molar-refractivity contribution in [2.24, 2.45) is 0 Å². The molecule has 0 aliphatic rings. The number of para-hydroxylation sites is 1. The normalized spacial score (nSPS) is 10.6. The first-order valence-electron chi connectivity index (χ1n) is 7.81. The summed E-state index contributed by atoms with van der Waals surface area (Å²) in [5.41, 5.74) is 2.34. The van der Waals surface area contributed by atoms with Crippen LogP contribution in [0.4, 0.5) is 5.69 Å². The number of hydrogen-bond acceptors (Lipinski definition) is 2. The Bertz CT molecular complexity index is 737. The van der Waals surface area contributed by atoms with Gasteiger partial charge in [0.25, 0.3) is 0 Å². The molecule has 0 aliphatic carbocycles. The zero-order chi connectivity index (χ0) is 15.2. The number of rotatable bonds is 6. The second kappa shape index (κ2) is 6.99. The van der Waals surface area contributed by atoms with E-state index in [2.05, 4.69) is 60.8 Å². The molecule has 0 bridgehead atoms. The van der Waals surface area contributed by atoms with Gasteiger partial charge in [-0.25, -0.2) is 0 Å². The topological polar surface area (TPSA) is 21.3 Å². The first kappa shape index (κ1) is 14.5. The molecule has 2 heteroatoms. The van der Waals surface area contributed by atoms with Crippen molar-refractivity contribution >= 4 is 16.5 Å². The van der Waals surface area contributed by atoms with Crippen molar-refractivity contribution in [3.63, 3.8) is 0 Å². The molecule has 0 amide bonds. The molecular formula is C20H21NO. The van der Waals surface area contributed by atoms with Crippen LogP contribution in [0.2, 0.25) is 0 Å².